The van der Waals surface area contributed by atoms with Crippen molar-refractivity contribution in [2.75, 3.05) is 38.1 Å². The summed E-state index contributed by atoms with van der Waals surface area (Å²) < 4.78 is 15.8. The van der Waals surface area contributed by atoms with Crippen molar-refractivity contribution in [2.24, 2.45) is 0 Å². The summed E-state index contributed by atoms with van der Waals surface area (Å²) >= 11 is 1.63. The van der Waals surface area contributed by atoms with E-state index in [0.29, 0.717) is 17.2 Å². The number of para-hydroxylation sites is 1. The number of anilines is 2. The summed E-state index contributed by atoms with van der Waals surface area (Å²) in [6.45, 7) is -0.0971. The Balaban J connectivity index is 1.55. The molecule has 0 spiro atoms. The predicted octanol–water partition coefficient (Wildman–Crippen LogP) is 4.92. The fourth-order valence-corrected chi connectivity index (χ4v) is 5.10. The van der Waals surface area contributed by atoms with Gasteiger partial charge < -0.3 is 24.4 Å². The van der Waals surface area contributed by atoms with Crippen LogP contribution in [0.2, 0.25) is 0 Å². The van der Waals surface area contributed by atoms with Gasteiger partial charge in [-0.2, -0.15) is 0 Å². The highest BCUT2D eigenvalue weighted by Crippen LogP contribution is 2.45. The number of methoxy groups -OCH3 is 3. The normalized spacial score (nSPS) is 15.2. The highest BCUT2D eigenvalue weighted by Gasteiger charge is 2.30. The molecule has 0 radical (unpaired) electrons. The van der Waals surface area contributed by atoms with Gasteiger partial charge in [-0.15, -0.1) is 11.8 Å². The number of fused-ring (bicyclic) bond motifs is 1. The molecule has 2 amide bonds. The van der Waals surface area contributed by atoms with Gasteiger partial charge >= 0.3 is 0 Å². The molecule has 7 nitrogen and oxygen atoms in total. The lowest BCUT2D eigenvalue weighted by atomic mass is 10.1. The van der Waals surface area contributed by atoms with Crippen molar-refractivity contribution in [3.8, 4) is 17.2 Å². The number of thioether (sulfide) groups is 1. The Morgan fingerprint density at radius 2 is 1.71 bits per heavy atom. The summed E-state index contributed by atoms with van der Waals surface area (Å²) in [7, 11) is 4.71. The van der Waals surface area contributed by atoms with E-state index in [1.807, 2.05) is 48.5 Å². The number of carbonyl (C=O) groups is 2. The van der Waals surface area contributed by atoms with Crippen LogP contribution in [-0.4, -0.2) is 39.7 Å². The van der Waals surface area contributed by atoms with Crippen LogP contribution in [0.25, 0.3) is 0 Å². The van der Waals surface area contributed by atoms with Crippen molar-refractivity contribution in [1.82, 2.24) is 0 Å². The summed E-state index contributed by atoms with van der Waals surface area (Å²) in [6.07, 6.45) is 0.273. The highest BCUT2D eigenvalue weighted by molar-refractivity contribution is 7.99. The molecule has 176 valence electrons. The lowest BCUT2D eigenvalue weighted by Gasteiger charge is -2.22. The zero-order chi connectivity index (χ0) is 24.1. The molecule has 3 aromatic carbocycles. The highest BCUT2D eigenvalue weighted by atomic mass is 32.2. The Bertz CT molecular complexity index is 1180. The van der Waals surface area contributed by atoms with Gasteiger partial charge in [-0.05, 0) is 42.0 Å². The van der Waals surface area contributed by atoms with Crippen LogP contribution >= 0.6 is 11.8 Å². The summed E-state index contributed by atoms with van der Waals surface area (Å²) in [4.78, 5) is 28.8. The first-order chi connectivity index (χ1) is 16.5. The van der Waals surface area contributed by atoms with Crippen LogP contribution in [0.4, 0.5) is 11.4 Å². The number of benzene rings is 3. The maximum absolute atomic E-state index is 13.3. The summed E-state index contributed by atoms with van der Waals surface area (Å²) in [6, 6.07) is 20.5. The maximum atomic E-state index is 13.3. The summed E-state index contributed by atoms with van der Waals surface area (Å²) in [5.41, 5.74) is 2.32. The van der Waals surface area contributed by atoms with E-state index in [4.69, 9.17) is 14.2 Å². The Hall–Kier alpha value is -3.65. The van der Waals surface area contributed by atoms with Crippen LogP contribution in [0.1, 0.15) is 17.2 Å². The van der Waals surface area contributed by atoms with Gasteiger partial charge in [0.1, 0.15) is 12.3 Å². The third-order valence-corrected chi connectivity index (χ3v) is 6.87. The number of nitrogens with zero attached hydrogens (tertiary/aromatic N) is 1. The zero-order valence-electron chi connectivity index (χ0n) is 19.2. The first kappa shape index (κ1) is 23.5. The Morgan fingerprint density at radius 1 is 0.971 bits per heavy atom. The van der Waals surface area contributed by atoms with Gasteiger partial charge in [0.05, 0.1) is 27.0 Å². The number of nitrogens with one attached hydrogen (secondary N) is 1. The second kappa shape index (κ2) is 10.5. The third kappa shape index (κ3) is 5.12. The molecular formula is C26H26N2O5S. The molecule has 0 saturated carbocycles. The quantitative estimate of drug-likeness (QED) is 0.519. The predicted molar refractivity (Wildman–Crippen MR) is 133 cm³/mol. The molecule has 1 heterocycles. The number of hydrogen-bond donors (Lipinski definition) is 1. The average Bonchev–Trinajstić information content (AvgIpc) is 3.00. The van der Waals surface area contributed by atoms with E-state index >= 15 is 0 Å². The van der Waals surface area contributed by atoms with Crippen molar-refractivity contribution in [2.45, 2.75) is 16.6 Å². The van der Waals surface area contributed by atoms with Crippen molar-refractivity contribution in [1.29, 1.82) is 0 Å². The summed E-state index contributed by atoms with van der Waals surface area (Å²) in [5, 5.41) is 2.78. The van der Waals surface area contributed by atoms with E-state index in [2.05, 4.69) is 5.32 Å². The molecule has 1 unspecified atom stereocenters. The Labute approximate surface area is 203 Å². The lowest BCUT2D eigenvalue weighted by molar-refractivity contribution is -0.121. The van der Waals surface area contributed by atoms with E-state index in [1.165, 1.54) is 7.11 Å². The second-order valence-electron chi connectivity index (χ2n) is 7.65. The van der Waals surface area contributed by atoms with Gasteiger partial charge in [-0.3, -0.25) is 9.59 Å². The van der Waals surface area contributed by atoms with Crippen LogP contribution in [0, 0.1) is 0 Å². The first-order valence-corrected chi connectivity index (χ1v) is 11.6. The fourth-order valence-electron chi connectivity index (χ4n) is 3.81. The zero-order valence-corrected chi connectivity index (χ0v) is 20.1. The number of rotatable bonds is 7. The van der Waals surface area contributed by atoms with Crippen molar-refractivity contribution in [3.05, 3.63) is 72.3 Å². The summed E-state index contributed by atoms with van der Waals surface area (Å²) in [5.74, 6) is 1.43. The Kier molecular flexibility index (Phi) is 7.27. The van der Waals surface area contributed by atoms with Crippen LogP contribution in [0.3, 0.4) is 0 Å². The smallest absolute Gasteiger partial charge is 0.244 e. The maximum Gasteiger partial charge on any atom is 0.244 e. The molecular weight excluding hydrogens is 452 g/mol. The van der Waals surface area contributed by atoms with Crippen molar-refractivity contribution in [3.63, 3.8) is 0 Å². The topological polar surface area (TPSA) is 77.1 Å². The molecule has 1 N–H and O–H groups in total. The number of ether oxygens (including phenoxy) is 3. The van der Waals surface area contributed by atoms with Crippen LogP contribution in [0.5, 0.6) is 17.2 Å². The van der Waals surface area contributed by atoms with Crippen molar-refractivity contribution >= 4 is 35.0 Å². The van der Waals surface area contributed by atoms with Gasteiger partial charge in [0, 0.05) is 28.3 Å². The fraction of sp³-hybridized carbons (Fsp3) is 0.231. The molecule has 3 aromatic rings. The van der Waals surface area contributed by atoms with E-state index in [-0.39, 0.29) is 30.0 Å². The van der Waals surface area contributed by atoms with E-state index < -0.39 is 0 Å². The SMILES string of the molecule is COc1ccc(C2CC(=O)N(CC(=O)Nc3ccc(OC)c(OC)c3)c3ccccc3S2)cc1. The van der Waals surface area contributed by atoms with Gasteiger partial charge in [-0.25, -0.2) is 0 Å². The molecule has 1 atom stereocenters. The molecule has 4 rings (SSSR count). The molecule has 8 heteroatoms. The molecule has 0 aliphatic carbocycles. The number of amides is 2. The third-order valence-electron chi connectivity index (χ3n) is 5.54. The minimum absolute atomic E-state index is 0.0709. The number of hydrogen-bond acceptors (Lipinski definition) is 6. The molecule has 0 fully saturated rings. The second-order valence-corrected chi connectivity index (χ2v) is 8.89. The molecule has 0 saturated heterocycles. The van der Waals surface area contributed by atoms with E-state index in [1.54, 1.807) is 49.1 Å². The molecule has 1 aliphatic heterocycles. The Morgan fingerprint density at radius 3 is 2.41 bits per heavy atom. The molecule has 34 heavy (non-hydrogen) atoms. The van der Waals surface area contributed by atoms with Gasteiger partial charge in [0.25, 0.3) is 0 Å². The van der Waals surface area contributed by atoms with Crippen LogP contribution < -0.4 is 24.4 Å². The minimum Gasteiger partial charge on any atom is -0.497 e. The van der Waals surface area contributed by atoms with Gasteiger partial charge in [-0.1, -0.05) is 24.3 Å². The van der Waals surface area contributed by atoms with Crippen LogP contribution in [-0.2, 0) is 9.59 Å². The van der Waals surface area contributed by atoms with E-state index in [9.17, 15) is 9.59 Å². The number of carbonyl (C=O) groups excluding carboxylic acids is 2. The minimum atomic E-state index is -0.303. The average molecular weight is 479 g/mol. The van der Waals surface area contributed by atoms with Crippen molar-refractivity contribution < 1.29 is 23.8 Å². The largest absolute Gasteiger partial charge is 0.497 e. The van der Waals surface area contributed by atoms with Crippen LogP contribution in [0.15, 0.2) is 71.6 Å². The van der Waals surface area contributed by atoms with Gasteiger partial charge in [0.15, 0.2) is 11.5 Å². The van der Waals surface area contributed by atoms with E-state index in [0.717, 1.165) is 21.9 Å². The first-order valence-electron chi connectivity index (χ1n) is 10.7. The molecule has 1 aliphatic rings. The standard InChI is InChI=1S/C26H26N2O5S/c1-31-19-11-8-17(9-12-19)24-15-26(30)28(20-6-4-5-7-23(20)34-24)16-25(29)27-18-10-13-21(32-2)22(14-18)33-3/h4-14,24H,15-16H2,1-3H3,(H,27,29). The van der Waals surface area contributed by atoms with Gasteiger partial charge in [0.2, 0.25) is 11.8 Å². The molecule has 0 bridgehead atoms. The molecule has 0 aromatic heterocycles. The lowest BCUT2D eigenvalue weighted by Crippen LogP contribution is -2.38. The monoisotopic (exact) mass is 478 g/mol.